The molecule has 0 amide bonds. The van der Waals surface area contributed by atoms with Gasteiger partial charge in [0.25, 0.3) is 0 Å². The van der Waals surface area contributed by atoms with E-state index in [1.165, 1.54) is 22.9 Å². The van der Waals surface area contributed by atoms with Crippen LogP contribution in [-0.4, -0.2) is 75.3 Å². The fourth-order valence-corrected chi connectivity index (χ4v) is 6.48. The molecule has 2 aromatic heterocycles. The molecule has 2 saturated heterocycles. The largest absolute Gasteiger partial charge is 0.480 e. The summed E-state index contributed by atoms with van der Waals surface area (Å²) < 4.78 is 57.1. The number of nitrogen functional groups attached to an aromatic ring is 1. The average Bonchev–Trinajstić information content (AvgIpc) is 3.69. The third-order valence-electron chi connectivity index (χ3n) is 9.06. The normalized spacial score (nSPS) is 18.0. The molecule has 4 aromatic rings. The van der Waals surface area contributed by atoms with E-state index in [9.17, 15) is 14.7 Å². The Bertz CT molecular complexity index is 1840. The standard InChI is InChI=1S/C34H36F3N7O5/c1-3-48-31(47)22-6-4-21(5-7-22)23-8-9-26(44-13-10-20(2)42-44)24(16-23)29(34(35,36)37)49-28-17-27(40-32(38)41-28)43-14-11-33(12-15-43)18-25(30(45)46)39-19-33/h4-10,13,16-17,25,29,39H,3,11-12,14-15,18-19H2,1-2H3,(H,45,46)(H2,38,40,41)/t25-,29+/m0/s1. The maximum atomic E-state index is 15.0. The van der Waals surface area contributed by atoms with E-state index >= 15 is 13.2 Å². The van der Waals surface area contributed by atoms with E-state index in [2.05, 4.69) is 20.4 Å². The van der Waals surface area contributed by atoms with Crippen molar-refractivity contribution in [2.45, 2.75) is 51.4 Å². The maximum Gasteiger partial charge on any atom is 0.429 e. The second kappa shape index (κ2) is 13.4. The van der Waals surface area contributed by atoms with Crippen molar-refractivity contribution in [2.24, 2.45) is 5.41 Å². The molecule has 4 N–H and O–H groups in total. The van der Waals surface area contributed by atoms with Gasteiger partial charge < -0.3 is 30.5 Å². The molecule has 4 heterocycles. The number of aryl methyl sites for hydroxylation is 1. The lowest BCUT2D eigenvalue weighted by Gasteiger charge is -2.39. The molecule has 2 fully saturated rings. The summed E-state index contributed by atoms with van der Waals surface area (Å²) in [5, 5.41) is 16.8. The zero-order chi connectivity index (χ0) is 34.9. The summed E-state index contributed by atoms with van der Waals surface area (Å²) in [7, 11) is 0. The summed E-state index contributed by atoms with van der Waals surface area (Å²) >= 11 is 0. The van der Waals surface area contributed by atoms with Crippen LogP contribution in [-0.2, 0) is 9.53 Å². The number of aromatic nitrogens is 4. The van der Waals surface area contributed by atoms with Crippen LogP contribution in [0.3, 0.4) is 0 Å². The van der Waals surface area contributed by atoms with Crippen LogP contribution < -0.4 is 20.7 Å². The minimum absolute atomic E-state index is 0.149. The summed E-state index contributed by atoms with van der Waals surface area (Å²) in [5.74, 6) is -1.67. The molecule has 0 unspecified atom stereocenters. The Morgan fingerprint density at radius 3 is 2.41 bits per heavy atom. The van der Waals surface area contributed by atoms with Crippen LogP contribution in [0.4, 0.5) is 24.9 Å². The summed E-state index contributed by atoms with van der Waals surface area (Å²) in [4.78, 5) is 33.8. The van der Waals surface area contributed by atoms with Crippen molar-refractivity contribution < 1.29 is 37.3 Å². The number of carboxylic acid groups (broad SMARTS) is 1. The number of hydrogen-bond donors (Lipinski definition) is 3. The van der Waals surface area contributed by atoms with Gasteiger partial charge in [0.2, 0.25) is 17.9 Å². The van der Waals surface area contributed by atoms with Gasteiger partial charge in [-0.1, -0.05) is 18.2 Å². The zero-order valence-corrected chi connectivity index (χ0v) is 26.9. The number of esters is 1. The summed E-state index contributed by atoms with van der Waals surface area (Å²) in [6, 6.07) is 13.4. The molecule has 1 spiro atoms. The van der Waals surface area contributed by atoms with Gasteiger partial charge in [0.15, 0.2) is 0 Å². The molecule has 258 valence electrons. The van der Waals surface area contributed by atoms with Gasteiger partial charge in [-0.25, -0.2) is 9.48 Å². The number of halogens is 3. The van der Waals surface area contributed by atoms with Crippen molar-refractivity contribution >= 4 is 23.7 Å². The van der Waals surface area contributed by atoms with Crippen molar-refractivity contribution in [1.29, 1.82) is 0 Å². The van der Waals surface area contributed by atoms with Gasteiger partial charge >= 0.3 is 18.1 Å². The number of nitrogens with one attached hydrogen (secondary N) is 1. The number of aliphatic carboxylic acids is 1. The van der Waals surface area contributed by atoms with E-state index in [4.69, 9.17) is 15.2 Å². The third-order valence-corrected chi connectivity index (χ3v) is 9.06. The predicted molar refractivity (Wildman–Crippen MR) is 173 cm³/mol. The van der Waals surface area contributed by atoms with Gasteiger partial charge in [0.05, 0.1) is 23.6 Å². The molecule has 0 saturated carbocycles. The van der Waals surface area contributed by atoms with Crippen LogP contribution in [0.2, 0.25) is 0 Å². The quantitative estimate of drug-likeness (QED) is 0.202. The molecule has 15 heteroatoms. The lowest BCUT2D eigenvalue weighted by Crippen LogP contribution is -2.41. The molecule has 2 aliphatic heterocycles. The van der Waals surface area contributed by atoms with Gasteiger partial charge in [-0.3, -0.25) is 4.79 Å². The highest BCUT2D eigenvalue weighted by Gasteiger charge is 2.46. The molecular formula is C34H36F3N7O5. The van der Waals surface area contributed by atoms with Crippen LogP contribution in [0.25, 0.3) is 16.8 Å². The van der Waals surface area contributed by atoms with Gasteiger partial charge in [-0.15, -0.1) is 0 Å². The van der Waals surface area contributed by atoms with Gasteiger partial charge in [-0.2, -0.15) is 28.2 Å². The first kappa shape index (κ1) is 33.7. The Balaban J connectivity index is 1.31. The van der Waals surface area contributed by atoms with E-state index in [0.717, 1.165) is 0 Å². The predicted octanol–water partition coefficient (Wildman–Crippen LogP) is 5.11. The first-order valence-corrected chi connectivity index (χ1v) is 15.9. The number of rotatable bonds is 9. The van der Waals surface area contributed by atoms with Crippen molar-refractivity contribution in [3.63, 3.8) is 0 Å². The first-order valence-electron chi connectivity index (χ1n) is 15.9. The topological polar surface area (TPSA) is 158 Å². The molecule has 2 atom stereocenters. The molecule has 0 bridgehead atoms. The smallest absolute Gasteiger partial charge is 0.429 e. The first-order chi connectivity index (χ1) is 23.3. The average molecular weight is 680 g/mol. The summed E-state index contributed by atoms with van der Waals surface area (Å²) in [6.45, 7) is 5.23. The molecule has 0 radical (unpaired) electrons. The fraction of sp³-hybridized carbons (Fsp3) is 0.382. The molecule has 0 aliphatic carbocycles. The number of ether oxygens (including phenoxy) is 2. The van der Waals surface area contributed by atoms with E-state index < -0.39 is 30.3 Å². The van der Waals surface area contributed by atoms with E-state index in [1.54, 1.807) is 56.4 Å². The minimum atomic E-state index is -4.89. The van der Waals surface area contributed by atoms with Crippen LogP contribution in [0.15, 0.2) is 60.8 Å². The number of alkyl halides is 3. The van der Waals surface area contributed by atoms with E-state index in [-0.39, 0.29) is 35.1 Å². The van der Waals surface area contributed by atoms with Crippen LogP contribution in [0, 0.1) is 12.3 Å². The number of benzene rings is 2. The second-order valence-electron chi connectivity index (χ2n) is 12.4. The highest BCUT2D eigenvalue weighted by atomic mass is 19.4. The van der Waals surface area contributed by atoms with Crippen molar-refractivity contribution in [2.75, 3.05) is 36.9 Å². The second-order valence-corrected chi connectivity index (χ2v) is 12.4. The Labute approximate surface area is 280 Å². The number of carboxylic acids is 1. The SMILES string of the molecule is CCOC(=O)c1ccc(-c2ccc(-n3ccc(C)n3)c([C@@H](Oc3cc(N4CCC5(CC4)CN[C@H](C(=O)O)C5)nc(N)n3)C(F)(F)F)c2)cc1. The molecule has 6 rings (SSSR count). The fourth-order valence-electron chi connectivity index (χ4n) is 6.48. The monoisotopic (exact) mass is 679 g/mol. The van der Waals surface area contributed by atoms with Crippen molar-refractivity contribution in [3.05, 3.63) is 77.6 Å². The molecular weight excluding hydrogens is 643 g/mol. The Morgan fingerprint density at radius 2 is 1.80 bits per heavy atom. The number of carbonyl (C=O) groups excluding carboxylic acids is 1. The number of nitrogens with zero attached hydrogens (tertiary/aromatic N) is 5. The highest BCUT2D eigenvalue weighted by Crippen LogP contribution is 2.43. The zero-order valence-electron chi connectivity index (χ0n) is 26.9. The number of anilines is 2. The van der Waals surface area contributed by atoms with E-state index in [1.807, 2.05) is 4.90 Å². The van der Waals surface area contributed by atoms with Gasteiger partial charge in [0.1, 0.15) is 11.9 Å². The van der Waals surface area contributed by atoms with Crippen LogP contribution in [0.5, 0.6) is 5.88 Å². The van der Waals surface area contributed by atoms with Gasteiger partial charge in [-0.05, 0) is 80.0 Å². The Morgan fingerprint density at radius 1 is 1.08 bits per heavy atom. The third kappa shape index (κ3) is 7.31. The van der Waals surface area contributed by atoms with Crippen molar-refractivity contribution in [3.8, 4) is 22.7 Å². The number of nitrogens with two attached hydrogens (primary N) is 1. The maximum absolute atomic E-state index is 15.0. The number of carbonyl (C=O) groups is 2. The van der Waals surface area contributed by atoms with Crippen molar-refractivity contribution in [1.82, 2.24) is 25.1 Å². The lowest BCUT2D eigenvalue weighted by molar-refractivity contribution is -0.198. The lowest BCUT2D eigenvalue weighted by atomic mass is 9.76. The van der Waals surface area contributed by atoms with Crippen LogP contribution in [0.1, 0.15) is 53.9 Å². The van der Waals surface area contributed by atoms with Crippen LogP contribution >= 0.6 is 0 Å². The molecule has 2 aromatic carbocycles. The Hall–Kier alpha value is -5.18. The van der Waals surface area contributed by atoms with E-state index in [0.29, 0.717) is 67.1 Å². The molecule has 2 aliphatic rings. The highest BCUT2D eigenvalue weighted by molar-refractivity contribution is 5.90. The summed E-state index contributed by atoms with van der Waals surface area (Å²) in [6.07, 6.45) is -3.94. The van der Waals surface area contributed by atoms with Gasteiger partial charge in [0, 0.05) is 37.5 Å². The molecule has 12 nitrogen and oxygen atoms in total. The summed E-state index contributed by atoms with van der Waals surface area (Å²) in [5.41, 5.74) is 7.70. The minimum Gasteiger partial charge on any atom is -0.480 e. The molecule has 49 heavy (non-hydrogen) atoms. The number of hydrogen-bond acceptors (Lipinski definition) is 10. The number of piperidine rings is 1. The Kier molecular flexibility index (Phi) is 9.20.